The molecule has 1 spiro atoms. The second-order valence-electron chi connectivity index (χ2n) is 5.47. The van der Waals surface area contributed by atoms with E-state index in [4.69, 9.17) is 14.2 Å². The van der Waals surface area contributed by atoms with Crippen molar-refractivity contribution in [2.75, 3.05) is 14.2 Å². The highest BCUT2D eigenvalue weighted by molar-refractivity contribution is 6.13. The van der Waals surface area contributed by atoms with Gasteiger partial charge in [-0.3, -0.25) is 9.59 Å². The first-order valence-corrected chi connectivity index (χ1v) is 6.87. The molecule has 2 aliphatic rings. The number of allylic oxidation sites excluding steroid dienone is 1. The fraction of sp³-hybridized carbons (Fsp3) is 0.375. The van der Waals surface area contributed by atoms with Crippen LogP contribution in [0.1, 0.15) is 23.7 Å². The molecular formula is C16H16O6. The third-order valence-electron chi connectivity index (χ3n) is 4.21. The zero-order valence-electron chi connectivity index (χ0n) is 12.5. The van der Waals surface area contributed by atoms with Crippen molar-refractivity contribution in [3.05, 3.63) is 29.5 Å². The van der Waals surface area contributed by atoms with Crippen LogP contribution >= 0.6 is 0 Å². The Kier molecular flexibility index (Phi) is 3.12. The highest BCUT2D eigenvalue weighted by Gasteiger charge is 2.59. The average Bonchev–Trinajstić information content (AvgIpc) is 2.77. The third-order valence-corrected chi connectivity index (χ3v) is 4.21. The molecule has 0 saturated heterocycles. The minimum absolute atomic E-state index is 0.0879. The zero-order valence-corrected chi connectivity index (χ0v) is 12.5. The highest BCUT2D eigenvalue weighted by atomic mass is 16.6. The summed E-state index contributed by atoms with van der Waals surface area (Å²) < 4.78 is 16.2. The summed E-state index contributed by atoms with van der Waals surface area (Å²) in [6.45, 7) is 1.75. The summed E-state index contributed by atoms with van der Waals surface area (Å²) in [5, 5.41) is 10.1. The molecular weight excluding hydrogens is 288 g/mol. The van der Waals surface area contributed by atoms with Crippen molar-refractivity contribution in [1.29, 1.82) is 0 Å². The molecule has 6 heteroatoms. The van der Waals surface area contributed by atoms with Gasteiger partial charge in [-0.2, -0.15) is 0 Å². The van der Waals surface area contributed by atoms with Gasteiger partial charge in [0.25, 0.3) is 0 Å². The van der Waals surface area contributed by atoms with Gasteiger partial charge in [-0.25, -0.2) is 0 Å². The smallest absolute Gasteiger partial charge is 0.231 e. The zero-order chi connectivity index (χ0) is 16.1. The van der Waals surface area contributed by atoms with Gasteiger partial charge in [0.05, 0.1) is 14.2 Å². The van der Waals surface area contributed by atoms with Gasteiger partial charge in [-0.1, -0.05) is 6.92 Å². The van der Waals surface area contributed by atoms with Gasteiger partial charge < -0.3 is 19.3 Å². The first-order valence-electron chi connectivity index (χ1n) is 6.87. The van der Waals surface area contributed by atoms with Gasteiger partial charge in [0.2, 0.25) is 11.4 Å². The molecule has 1 N–H and O–H groups in total. The third kappa shape index (κ3) is 1.73. The van der Waals surface area contributed by atoms with E-state index in [-0.39, 0.29) is 35.0 Å². The van der Waals surface area contributed by atoms with E-state index in [1.54, 1.807) is 6.92 Å². The van der Waals surface area contributed by atoms with Crippen LogP contribution in [0.4, 0.5) is 0 Å². The Hall–Kier alpha value is -2.50. The number of hydrogen-bond donors (Lipinski definition) is 1. The molecule has 0 bridgehead atoms. The lowest BCUT2D eigenvalue weighted by Gasteiger charge is -2.36. The van der Waals surface area contributed by atoms with E-state index in [0.717, 1.165) is 0 Å². The number of Topliss-reactive ketones (excluding diaryl/α,β-unsaturated/α-hetero) is 1. The quantitative estimate of drug-likeness (QED) is 0.898. The number of fused-ring (bicyclic) bond motifs is 1. The molecule has 1 heterocycles. The largest absolute Gasteiger partial charge is 0.507 e. The molecule has 2 atom stereocenters. The molecule has 22 heavy (non-hydrogen) atoms. The maximum absolute atomic E-state index is 12.9. The fourth-order valence-electron chi connectivity index (χ4n) is 3.11. The van der Waals surface area contributed by atoms with E-state index in [1.165, 1.54) is 32.4 Å². The Morgan fingerprint density at radius 3 is 2.64 bits per heavy atom. The van der Waals surface area contributed by atoms with E-state index in [2.05, 4.69) is 0 Å². The second-order valence-corrected chi connectivity index (χ2v) is 5.47. The van der Waals surface area contributed by atoms with Crippen molar-refractivity contribution in [3.63, 3.8) is 0 Å². The molecule has 1 aromatic carbocycles. The van der Waals surface area contributed by atoms with Gasteiger partial charge in [0.15, 0.2) is 11.5 Å². The SMILES string of the molecule is COC1=CC(=O)C[C@@H](C)[C@@]12Oc1cc(OC)cc(O)c1C2=O. The number of ether oxygens (including phenoxy) is 3. The minimum atomic E-state index is -1.41. The monoisotopic (exact) mass is 304 g/mol. The van der Waals surface area contributed by atoms with E-state index < -0.39 is 17.3 Å². The molecule has 6 nitrogen and oxygen atoms in total. The number of carbonyl (C=O) groups is 2. The molecule has 3 rings (SSSR count). The van der Waals surface area contributed by atoms with E-state index in [9.17, 15) is 14.7 Å². The van der Waals surface area contributed by atoms with Crippen molar-refractivity contribution in [2.45, 2.75) is 18.9 Å². The van der Waals surface area contributed by atoms with Crippen molar-refractivity contribution in [2.24, 2.45) is 5.92 Å². The highest BCUT2D eigenvalue weighted by Crippen LogP contribution is 2.50. The van der Waals surface area contributed by atoms with Gasteiger partial charge in [0.1, 0.15) is 22.8 Å². The summed E-state index contributed by atoms with van der Waals surface area (Å²) in [6, 6.07) is 2.89. The Balaban J connectivity index is 2.19. The van der Waals surface area contributed by atoms with Gasteiger partial charge in [-0.15, -0.1) is 0 Å². The van der Waals surface area contributed by atoms with Gasteiger partial charge >= 0.3 is 0 Å². The predicted molar refractivity (Wildman–Crippen MR) is 76.2 cm³/mol. The summed E-state index contributed by atoms with van der Waals surface area (Å²) >= 11 is 0. The lowest BCUT2D eigenvalue weighted by Crippen LogP contribution is -2.51. The van der Waals surface area contributed by atoms with Gasteiger partial charge in [0, 0.05) is 30.5 Å². The van der Waals surface area contributed by atoms with E-state index in [0.29, 0.717) is 5.75 Å². The Labute approximate surface area is 127 Å². The molecule has 0 amide bonds. The number of phenols is 1. The first-order chi connectivity index (χ1) is 10.4. The van der Waals surface area contributed by atoms with Crippen LogP contribution in [0.15, 0.2) is 24.0 Å². The molecule has 0 unspecified atom stereocenters. The molecule has 0 radical (unpaired) electrons. The first kappa shape index (κ1) is 14.4. The van der Waals surface area contributed by atoms with Crippen molar-refractivity contribution in [3.8, 4) is 17.2 Å². The number of methoxy groups -OCH3 is 2. The number of carbonyl (C=O) groups excluding carboxylic acids is 2. The second kappa shape index (κ2) is 4.76. The van der Waals surface area contributed by atoms with Crippen LogP contribution in [0.5, 0.6) is 17.2 Å². The lowest BCUT2D eigenvalue weighted by molar-refractivity contribution is -0.118. The molecule has 1 aliphatic heterocycles. The Morgan fingerprint density at radius 1 is 1.27 bits per heavy atom. The van der Waals surface area contributed by atoms with Gasteiger partial charge in [-0.05, 0) is 0 Å². The molecule has 1 aliphatic carbocycles. The van der Waals surface area contributed by atoms with Crippen LogP contribution < -0.4 is 9.47 Å². The average molecular weight is 304 g/mol. The fourth-order valence-corrected chi connectivity index (χ4v) is 3.11. The number of benzene rings is 1. The number of rotatable bonds is 2. The molecule has 0 aromatic heterocycles. The number of aromatic hydroxyl groups is 1. The standard InChI is InChI=1S/C16H16O6/c1-8-4-9(17)5-13(21-3)16(8)15(19)14-11(18)6-10(20-2)7-12(14)22-16/h5-8,18H,4H2,1-3H3/t8-,16-/m1/s1. The number of hydrogen-bond acceptors (Lipinski definition) is 6. The maximum Gasteiger partial charge on any atom is 0.231 e. The summed E-state index contributed by atoms with van der Waals surface area (Å²) in [5.41, 5.74) is -1.32. The van der Waals surface area contributed by atoms with Crippen LogP contribution in [0.2, 0.25) is 0 Å². The van der Waals surface area contributed by atoms with E-state index >= 15 is 0 Å². The Bertz CT molecular complexity index is 705. The summed E-state index contributed by atoms with van der Waals surface area (Å²) in [7, 11) is 2.84. The van der Waals surface area contributed by atoms with Crippen LogP contribution in [0, 0.1) is 5.92 Å². The predicted octanol–water partition coefficient (Wildman–Crippen LogP) is 1.85. The van der Waals surface area contributed by atoms with Crippen LogP contribution in [-0.4, -0.2) is 36.5 Å². The number of ketones is 2. The lowest BCUT2D eigenvalue weighted by atomic mass is 9.75. The van der Waals surface area contributed by atoms with Crippen molar-refractivity contribution < 1.29 is 28.9 Å². The van der Waals surface area contributed by atoms with E-state index in [1.807, 2.05) is 0 Å². The number of phenolic OH excluding ortho intramolecular Hbond substituents is 1. The molecule has 1 aromatic rings. The van der Waals surface area contributed by atoms with Crippen LogP contribution in [0.25, 0.3) is 0 Å². The summed E-state index contributed by atoms with van der Waals surface area (Å²) in [6.07, 6.45) is 1.46. The Morgan fingerprint density at radius 2 is 2.00 bits per heavy atom. The normalized spacial score (nSPS) is 26.5. The summed E-state index contributed by atoms with van der Waals surface area (Å²) in [5.74, 6) is -0.383. The maximum atomic E-state index is 12.9. The molecule has 116 valence electrons. The van der Waals surface area contributed by atoms with Crippen molar-refractivity contribution in [1.82, 2.24) is 0 Å². The van der Waals surface area contributed by atoms with Crippen LogP contribution in [0.3, 0.4) is 0 Å². The molecule has 0 saturated carbocycles. The molecule has 0 fully saturated rings. The topological polar surface area (TPSA) is 82.1 Å². The summed E-state index contributed by atoms with van der Waals surface area (Å²) in [4.78, 5) is 24.7. The van der Waals surface area contributed by atoms with Crippen molar-refractivity contribution >= 4 is 11.6 Å². The minimum Gasteiger partial charge on any atom is -0.507 e. The van der Waals surface area contributed by atoms with Crippen LogP contribution in [-0.2, 0) is 9.53 Å².